The first-order valence-electron chi connectivity index (χ1n) is 14.2. The van der Waals surface area contributed by atoms with Crippen molar-refractivity contribution in [3.05, 3.63) is 163 Å². The summed E-state index contributed by atoms with van der Waals surface area (Å²) in [6.07, 6.45) is 0. The van der Waals surface area contributed by atoms with Crippen molar-refractivity contribution in [1.82, 2.24) is 4.57 Å². The van der Waals surface area contributed by atoms with Crippen molar-refractivity contribution in [3.63, 3.8) is 0 Å². The summed E-state index contributed by atoms with van der Waals surface area (Å²) in [5.74, 6) is 0. The van der Waals surface area contributed by atoms with E-state index in [1.807, 2.05) is 12.1 Å². The summed E-state index contributed by atoms with van der Waals surface area (Å²) in [6.45, 7) is 0. The van der Waals surface area contributed by atoms with Crippen LogP contribution in [0.3, 0.4) is 0 Å². The summed E-state index contributed by atoms with van der Waals surface area (Å²) in [5.41, 5.74) is 10.7. The van der Waals surface area contributed by atoms with Gasteiger partial charge in [-0.1, -0.05) is 115 Å². The quantitative estimate of drug-likeness (QED) is 0.203. The van der Waals surface area contributed by atoms with Crippen LogP contribution in [0.4, 0.5) is 0 Å². The lowest BCUT2D eigenvalue weighted by Crippen LogP contribution is -1.93. The largest absolute Gasteiger partial charge is 0.309 e. The second-order valence-corrected chi connectivity index (χ2v) is 11.2. The van der Waals surface area contributed by atoms with E-state index in [9.17, 15) is 0 Å². The number of aromatic nitrogens is 1. The second kappa shape index (κ2) is 10.1. The summed E-state index contributed by atoms with van der Waals surface area (Å²) < 4.78 is 2.38. The molecular formula is C40H26ClN. The van der Waals surface area contributed by atoms with Gasteiger partial charge in [-0.25, -0.2) is 0 Å². The molecule has 0 spiro atoms. The number of benzene rings is 7. The normalized spacial score (nSPS) is 11.5. The molecule has 0 radical (unpaired) electrons. The van der Waals surface area contributed by atoms with Crippen LogP contribution in [-0.4, -0.2) is 4.57 Å². The monoisotopic (exact) mass is 555 g/mol. The zero-order valence-electron chi connectivity index (χ0n) is 22.8. The third-order valence-electron chi connectivity index (χ3n) is 8.23. The van der Waals surface area contributed by atoms with E-state index in [2.05, 4.69) is 150 Å². The van der Waals surface area contributed by atoms with Crippen LogP contribution in [-0.2, 0) is 0 Å². The van der Waals surface area contributed by atoms with Gasteiger partial charge in [-0.05, 0) is 98.8 Å². The van der Waals surface area contributed by atoms with Gasteiger partial charge in [-0.3, -0.25) is 0 Å². The first-order valence-corrected chi connectivity index (χ1v) is 14.6. The molecule has 42 heavy (non-hydrogen) atoms. The minimum absolute atomic E-state index is 0.739. The van der Waals surface area contributed by atoms with Gasteiger partial charge in [0.2, 0.25) is 0 Å². The molecule has 1 aromatic heterocycles. The minimum Gasteiger partial charge on any atom is -0.309 e. The van der Waals surface area contributed by atoms with Gasteiger partial charge < -0.3 is 4.57 Å². The number of hydrogen-bond acceptors (Lipinski definition) is 0. The molecule has 0 unspecified atom stereocenters. The molecule has 1 heterocycles. The molecular weight excluding hydrogens is 530 g/mol. The van der Waals surface area contributed by atoms with Crippen molar-refractivity contribution in [2.45, 2.75) is 0 Å². The highest BCUT2D eigenvalue weighted by Crippen LogP contribution is 2.41. The summed E-state index contributed by atoms with van der Waals surface area (Å²) in [7, 11) is 0. The van der Waals surface area contributed by atoms with Crippen LogP contribution in [0.1, 0.15) is 0 Å². The third-order valence-corrected chi connectivity index (χ3v) is 8.49. The molecule has 8 aromatic rings. The predicted octanol–water partition coefficient (Wildman–Crippen LogP) is 11.6. The lowest BCUT2D eigenvalue weighted by Gasteiger charge is -2.14. The van der Waals surface area contributed by atoms with Crippen molar-refractivity contribution in [2.24, 2.45) is 0 Å². The first kappa shape index (κ1) is 24.7. The average molecular weight is 556 g/mol. The van der Waals surface area contributed by atoms with Gasteiger partial charge in [-0.2, -0.15) is 0 Å². The maximum atomic E-state index is 6.29. The molecule has 2 heteroatoms. The highest BCUT2D eigenvalue weighted by atomic mass is 35.5. The number of halogens is 1. The third kappa shape index (κ3) is 4.10. The SMILES string of the molecule is Clc1ccc(-c2cc(-c3cccc4ccccc34)cc(-c3cccc4c3c3ccccc3n4-c3ccccc3)c2)cc1. The van der Waals surface area contributed by atoms with Gasteiger partial charge in [0.25, 0.3) is 0 Å². The molecule has 198 valence electrons. The van der Waals surface area contributed by atoms with Gasteiger partial charge in [0.15, 0.2) is 0 Å². The molecule has 0 aliphatic rings. The predicted molar refractivity (Wildman–Crippen MR) is 180 cm³/mol. The fourth-order valence-corrected chi connectivity index (χ4v) is 6.47. The van der Waals surface area contributed by atoms with Gasteiger partial charge in [0.05, 0.1) is 11.0 Å². The van der Waals surface area contributed by atoms with E-state index in [0.717, 1.165) is 21.8 Å². The maximum Gasteiger partial charge on any atom is 0.0547 e. The summed E-state index contributed by atoms with van der Waals surface area (Å²) >= 11 is 6.29. The Labute approximate surface area is 249 Å². The van der Waals surface area contributed by atoms with Crippen molar-refractivity contribution in [2.75, 3.05) is 0 Å². The van der Waals surface area contributed by atoms with Gasteiger partial charge in [0.1, 0.15) is 0 Å². The Morgan fingerprint density at radius 3 is 1.83 bits per heavy atom. The van der Waals surface area contributed by atoms with Gasteiger partial charge in [-0.15, -0.1) is 0 Å². The molecule has 0 saturated carbocycles. The summed E-state index contributed by atoms with van der Waals surface area (Å²) in [4.78, 5) is 0. The first-order chi connectivity index (χ1) is 20.7. The highest BCUT2D eigenvalue weighted by molar-refractivity contribution is 6.30. The molecule has 1 nitrogen and oxygen atoms in total. The Morgan fingerprint density at radius 2 is 1.00 bits per heavy atom. The smallest absolute Gasteiger partial charge is 0.0547 e. The van der Waals surface area contributed by atoms with Crippen molar-refractivity contribution < 1.29 is 0 Å². The fourth-order valence-electron chi connectivity index (χ4n) is 6.34. The van der Waals surface area contributed by atoms with E-state index in [4.69, 9.17) is 11.6 Å². The number of hydrogen-bond donors (Lipinski definition) is 0. The van der Waals surface area contributed by atoms with Gasteiger partial charge in [0, 0.05) is 21.5 Å². The van der Waals surface area contributed by atoms with E-state index in [0.29, 0.717) is 0 Å². The standard InChI is InChI=1S/C40H26ClN/c41-32-22-20-27(21-23-32)29-24-30(35-16-8-11-28-10-4-5-14-34(28)35)26-31(25-29)36-17-9-19-39-40(36)37-15-6-7-18-38(37)42(39)33-12-2-1-3-13-33/h1-26H. The maximum absolute atomic E-state index is 6.29. The summed E-state index contributed by atoms with van der Waals surface area (Å²) in [5, 5.41) is 5.73. The van der Waals surface area contributed by atoms with Crippen LogP contribution in [0.5, 0.6) is 0 Å². The average Bonchev–Trinajstić information content (AvgIpc) is 3.40. The molecule has 8 rings (SSSR count). The van der Waals surface area contributed by atoms with E-state index in [1.165, 1.54) is 54.8 Å². The van der Waals surface area contributed by atoms with E-state index in [-0.39, 0.29) is 0 Å². The Kier molecular flexibility index (Phi) is 5.91. The van der Waals surface area contributed by atoms with Crippen molar-refractivity contribution in [1.29, 1.82) is 0 Å². The molecule has 0 fully saturated rings. The Hall–Kier alpha value is -5.11. The molecule has 7 aromatic carbocycles. The van der Waals surface area contributed by atoms with Crippen LogP contribution in [0.25, 0.3) is 71.6 Å². The molecule has 0 N–H and O–H groups in total. The van der Waals surface area contributed by atoms with E-state index < -0.39 is 0 Å². The van der Waals surface area contributed by atoms with E-state index >= 15 is 0 Å². The van der Waals surface area contributed by atoms with Crippen molar-refractivity contribution >= 4 is 44.2 Å². The number of rotatable bonds is 4. The number of fused-ring (bicyclic) bond motifs is 4. The van der Waals surface area contributed by atoms with Crippen LogP contribution in [0, 0.1) is 0 Å². The molecule has 0 bridgehead atoms. The lowest BCUT2D eigenvalue weighted by atomic mass is 9.90. The molecule has 0 saturated heterocycles. The zero-order valence-corrected chi connectivity index (χ0v) is 23.6. The zero-order chi connectivity index (χ0) is 28.0. The van der Waals surface area contributed by atoms with E-state index in [1.54, 1.807) is 0 Å². The Morgan fingerprint density at radius 1 is 0.405 bits per heavy atom. The second-order valence-electron chi connectivity index (χ2n) is 10.7. The topological polar surface area (TPSA) is 4.93 Å². The number of nitrogens with zero attached hydrogens (tertiary/aromatic N) is 1. The fraction of sp³-hybridized carbons (Fsp3) is 0. The van der Waals surface area contributed by atoms with Crippen molar-refractivity contribution in [3.8, 4) is 39.1 Å². The van der Waals surface area contributed by atoms with Crippen LogP contribution in [0.15, 0.2) is 158 Å². The van der Waals surface area contributed by atoms with Crippen LogP contribution in [0.2, 0.25) is 5.02 Å². The Bertz CT molecular complexity index is 2240. The molecule has 0 aliphatic heterocycles. The molecule has 0 amide bonds. The minimum atomic E-state index is 0.739. The Balaban J connectivity index is 1.44. The molecule has 0 aliphatic carbocycles. The number of para-hydroxylation sites is 2. The van der Waals surface area contributed by atoms with Crippen LogP contribution >= 0.6 is 11.6 Å². The lowest BCUT2D eigenvalue weighted by molar-refractivity contribution is 1.18. The molecule has 0 atom stereocenters. The van der Waals surface area contributed by atoms with Gasteiger partial charge >= 0.3 is 0 Å². The van der Waals surface area contributed by atoms with Crippen LogP contribution < -0.4 is 0 Å². The highest BCUT2D eigenvalue weighted by Gasteiger charge is 2.17. The summed E-state index contributed by atoms with van der Waals surface area (Å²) in [6, 6.07) is 56.4.